The van der Waals surface area contributed by atoms with Crippen LogP contribution in [0.2, 0.25) is 0 Å². The third kappa shape index (κ3) is 2.30. The minimum absolute atomic E-state index is 0.264. The summed E-state index contributed by atoms with van der Waals surface area (Å²) in [6.07, 6.45) is 0.264. The van der Waals surface area contributed by atoms with E-state index in [-0.39, 0.29) is 6.17 Å². The molecular weight excluding hydrogens is 114 g/mol. The number of nitrogens with two attached hydrogens (primary N) is 1. The van der Waals surface area contributed by atoms with Crippen molar-refractivity contribution in [1.29, 1.82) is 0 Å². The van der Waals surface area contributed by atoms with Gasteiger partial charge in [-0.15, -0.1) is 0 Å². The molecule has 0 saturated carbocycles. The summed E-state index contributed by atoms with van der Waals surface area (Å²) >= 11 is 0. The first-order valence-corrected chi connectivity index (χ1v) is 3.34. The van der Waals surface area contributed by atoms with Gasteiger partial charge in [0.05, 0.1) is 6.17 Å². The van der Waals surface area contributed by atoms with Crippen LogP contribution in [-0.2, 0) is 0 Å². The van der Waals surface area contributed by atoms with Gasteiger partial charge in [-0.25, -0.2) is 0 Å². The first kappa shape index (κ1) is 6.99. The largest absolute Gasteiger partial charge is 0.315 e. The molecule has 1 aliphatic rings. The van der Waals surface area contributed by atoms with Crippen LogP contribution < -0.4 is 5.73 Å². The zero-order valence-corrected chi connectivity index (χ0v) is 6.17. The molecule has 1 heterocycles. The average Bonchev–Trinajstić information content (AvgIpc) is 2.40. The molecule has 0 aromatic rings. The van der Waals surface area contributed by atoms with Crippen molar-refractivity contribution >= 4 is 0 Å². The van der Waals surface area contributed by atoms with Gasteiger partial charge in [-0.05, 0) is 14.1 Å². The van der Waals surface area contributed by atoms with Gasteiger partial charge in [-0.1, -0.05) is 0 Å². The molecule has 9 heavy (non-hydrogen) atoms. The van der Waals surface area contributed by atoms with E-state index < -0.39 is 0 Å². The third-order valence-corrected chi connectivity index (χ3v) is 1.50. The molecule has 0 radical (unpaired) electrons. The van der Waals surface area contributed by atoms with Crippen LogP contribution in [0.15, 0.2) is 0 Å². The van der Waals surface area contributed by atoms with E-state index in [0.29, 0.717) is 0 Å². The van der Waals surface area contributed by atoms with Gasteiger partial charge in [-0.3, -0.25) is 4.90 Å². The summed E-state index contributed by atoms with van der Waals surface area (Å²) < 4.78 is 0. The lowest BCUT2D eigenvalue weighted by molar-refractivity contribution is 0.291. The molecular formula is C6H15N3. The number of hydrogen-bond donors (Lipinski definition) is 1. The second-order valence-electron chi connectivity index (χ2n) is 2.87. The fourth-order valence-corrected chi connectivity index (χ4v) is 0.879. The minimum Gasteiger partial charge on any atom is -0.315 e. The van der Waals surface area contributed by atoms with Crippen molar-refractivity contribution in [3.63, 3.8) is 0 Å². The molecule has 1 rings (SSSR count). The van der Waals surface area contributed by atoms with E-state index in [2.05, 4.69) is 9.80 Å². The summed E-state index contributed by atoms with van der Waals surface area (Å²) in [4.78, 5) is 4.36. The van der Waals surface area contributed by atoms with Crippen LogP contribution in [0.1, 0.15) is 0 Å². The van der Waals surface area contributed by atoms with Gasteiger partial charge in [0.2, 0.25) is 0 Å². The average molecular weight is 129 g/mol. The summed E-state index contributed by atoms with van der Waals surface area (Å²) in [6.45, 7) is 3.35. The molecule has 0 spiro atoms. The Labute approximate surface area is 56.4 Å². The summed E-state index contributed by atoms with van der Waals surface area (Å²) in [5, 5.41) is 0. The van der Waals surface area contributed by atoms with Crippen molar-refractivity contribution in [2.45, 2.75) is 6.17 Å². The highest BCUT2D eigenvalue weighted by Crippen LogP contribution is 2.05. The zero-order valence-electron chi connectivity index (χ0n) is 6.17. The van der Waals surface area contributed by atoms with Crippen molar-refractivity contribution in [3.8, 4) is 0 Å². The van der Waals surface area contributed by atoms with E-state index >= 15 is 0 Å². The first-order chi connectivity index (χ1) is 4.20. The molecule has 0 amide bonds. The molecule has 54 valence electrons. The van der Waals surface area contributed by atoms with Gasteiger partial charge < -0.3 is 10.6 Å². The number of rotatable bonds is 3. The molecule has 0 aromatic carbocycles. The Kier molecular flexibility index (Phi) is 2.05. The fraction of sp³-hybridized carbons (Fsp3) is 1.00. The highest BCUT2D eigenvalue weighted by Gasteiger charge is 2.24. The van der Waals surface area contributed by atoms with Gasteiger partial charge in [0.1, 0.15) is 0 Å². The molecule has 1 fully saturated rings. The summed E-state index contributed by atoms with van der Waals surface area (Å²) in [6, 6.07) is 0. The molecule has 0 aromatic heterocycles. The van der Waals surface area contributed by atoms with E-state index in [1.807, 2.05) is 14.1 Å². The van der Waals surface area contributed by atoms with Crippen molar-refractivity contribution in [2.24, 2.45) is 5.73 Å². The summed E-state index contributed by atoms with van der Waals surface area (Å²) in [7, 11) is 4.09. The van der Waals surface area contributed by atoms with Gasteiger partial charge in [0.15, 0.2) is 0 Å². The molecule has 1 saturated heterocycles. The Bertz CT molecular complexity index is 88.3. The molecule has 0 aliphatic carbocycles. The molecule has 0 bridgehead atoms. The Balaban J connectivity index is 2.10. The zero-order chi connectivity index (χ0) is 6.85. The second-order valence-corrected chi connectivity index (χ2v) is 2.87. The van der Waals surface area contributed by atoms with Crippen LogP contribution in [0, 0.1) is 0 Å². The maximum atomic E-state index is 5.76. The standard InChI is InChI=1S/C6H15N3/c1-8(2)5-6(7)9-3-4-9/h6H,3-5,7H2,1-2H3. The number of likely N-dealkylation sites (N-methyl/N-ethyl adjacent to an activating group) is 1. The lowest BCUT2D eigenvalue weighted by Gasteiger charge is -2.16. The van der Waals surface area contributed by atoms with Crippen LogP contribution in [-0.4, -0.2) is 49.7 Å². The van der Waals surface area contributed by atoms with Crippen molar-refractivity contribution in [1.82, 2.24) is 9.80 Å². The number of nitrogens with zero attached hydrogens (tertiary/aromatic N) is 2. The first-order valence-electron chi connectivity index (χ1n) is 3.34. The van der Waals surface area contributed by atoms with Gasteiger partial charge in [0.25, 0.3) is 0 Å². The smallest absolute Gasteiger partial charge is 0.0703 e. The Morgan fingerprint density at radius 3 is 2.44 bits per heavy atom. The SMILES string of the molecule is CN(C)CC(N)N1CC1. The predicted molar refractivity (Wildman–Crippen MR) is 38.1 cm³/mol. The third-order valence-electron chi connectivity index (χ3n) is 1.50. The van der Waals surface area contributed by atoms with Gasteiger partial charge in [-0.2, -0.15) is 0 Å². The van der Waals surface area contributed by atoms with E-state index in [1.165, 1.54) is 13.1 Å². The maximum Gasteiger partial charge on any atom is 0.0703 e. The second kappa shape index (κ2) is 2.64. The van der Waals surface area contributed by atoms with E-state index in [0.717, 1.165) is 6.54 Å². The quantitative estimate of drug-likeness (QED) is 0.504. The summed E-state index contributed by atoms with van der Waals surface area (Å²) in [5.41, 5.74) is 5.76. The monoisotopic (exact) mass is 129 g/mol. The van der Waals surface area contributed by atoms with Crippen LogP contribution >= 0.6 is 0 Å². The van der Waals surface area contributed by atoms with E-state index in [1.54, 1.807) is 0 Å². The predicted octanol–water partition coefficient (Wildman–Crippen LogP) is -0.852. The van der Waals surface area contributed by atoms with Crippen molar-refractivity contribution < 1.29 is 0 Å². The Morgan fingerprint density at radius 1 is 1.56 bits per heavy atom. The van der Waals surface area contributed by atoms with Gasteiger partial charge in [0, 0.05) is 19.6 Å². The van der Waals surface area contributed by atoms with Crippen molar-refractivity contribution in [3.05, 3.63) is 0 Å². The molecule has 1 atom stereocenters. The van der Waals surface area contributed by atoms with Crippen LogP contribution in [0.25, 0.3) is 0 Å². The molecule has 2 N–H and O–H groups in total. The molecule has 3 heteroatoms. The normalized spacial score (nSPS) is 22.7. The number of hydrogen-bond acceptors (Lipinski definition) is 3. The highest BCUT2D eigenvalue weighted by atomic mass is 15.3. The summed E-state index contributed by atoms with van der Waals surface area (Å²) in [5.74, 6) is 0. The molecule has 3 nitrogen and oxygen atoms in total. The minimum atomic E-state index is 0.264. The molecule has 1 aliphatic heterocycles. The van der Waals surface area contributed by atoms with Crippen LogP contribution in [0.3, 0.4) is 0 Å². The van der Waals surface area contributed by atoms with Crippen molar-refractivity contribution in [2.75, 3.05) is 33.7 Å². The highest BCUT2D eigenvalue weighted by molar-refractivity contribution is 4.79. The van der Waals surface area contributed by atoms with E-state index in [9.17, 15) is 0 Å². The maximum absolute atomic E-state index is 5.76. The topological polar surface area (TPSA) is 32.3 Å². The Morgan fingerprint density at radius 2 is 2.11 bits per heavy atom. The Hall–Kier alpha value is -0.120. The lowest BCUT2D eigenvalue weighted by atomic mass is 10.5. The van der Waals surface area contributed by atoms with E-state index in [4.69, 9.17) is 5.73 Å². The molecule has 1 unspecified atom stereocenters. The lowest BCUT2D eigenvalue weighted by Crippen LogP contribution is -2.39. The van der Waals surface area contributed by atoms with Crippen LogP contribution in [0.5, 0.6) is 0 Å². The fourth-order valence-electron chi connectivity index (χ4n) is 0.879. The van der Waals surface area contributed by atoms with Crippen LogP contribution in [0.4, 0.5) is 0 Å². The van der Waals surface area contributed by atoms with Gasteiger partial charge >= 0.3 is 0 Å².